The Balaban J connectivity index is 1.55. The van der Waals surface area contributed by atoms with Crippen LogP contribution in [0.15, 0.2) is 48.9 Å². The van der Waals surface area contributed by atoms with E-state index in [1.54, 1.807) is 6.20 Å². The summed E-state index contributed by atoms with van der Waals surface area (Å²) in [5.41, 5.74) is 5.67. The van der Waals surface area contributed by atoms with Gasteiger partial charge in [-0.2, -0.15) is 0 Å². The number of pyridine rings is 1. The second-order valence-electron chi connectivity index (χ2n) is 8.32. The molecule has 0 unspecified atom stereocenters. The van der Waals surface area contributed by atoms with Crippen LogP contribution in [0.2, 0.25) is 0 Å². The molecule has 0 radical (unpaired) electrons. The number of aryl methyl sites for hydroxylation is 1. The van der Waals surface area contributed by atoms with E-state index < -0.39 is 0 Å². The van der Waals surface area contributed by atoms with Gasteiger partial charge < -0.3 is 19.5 Å². The van der Waals surface area contributed by atoms with Gasteiger partial charge in [0, 0.05) is 44.4 Å². The third-order valence-electron chi connectivity index (χ3n) is 6.20. The molecule has 5 aromatic rings. The van der Waals surface area contributed by atoms with Gasteiger partial charge in [-0.15, -0.1) is 10.2 Å². The van der Waals surface area contributed by atoms with E-state index in [0.29, 0.717) is 18.0 Å². The molecule has 10 heteroatoms. The average molecular weight is 456 g/mol. The maximum Gasteiger partial charge on any atom is 0.203 e. The van der Waals surface area contributed by atoms with Crippen LogP contribution in [0, 0.1) is 6.92 Å². The Morgan fingerprint density at radius 2 is 1.97 bits per heavy atom. The van der Waals surface area contributed by atoms with Crippen molar-refractivity contribution < 1.29 is 4.74 Å². The molecule has 0 bridgehead atoms. The van der Waals surface area contributed by atoms with Gasteiger partial charge >= 0.3 is 0 Å². The van der Waals surface area contributed by atoms with Gasteiger partial charge in [-0.3, -0.25) is 9.38 Å². The highest BCUT2D eigenvalue weighted by Crippen LogP contribution is 2.30. The Morgan fingerprint density at radius 3 is 2.76 bits per heavy atom. The van der Waals surface area contributed by atoms with E-state index in [2.05, 4.69) is 54.2 Å². The second-order valence-corrected chi connectivity index (χ2v) is 8.32. The molecular weight excluding hydrogens is 430 g/mol. The molecule has 0 aliphatic carbocycles. The monoisotopic (exact) mass is 455 g/mol. The molecule has 5 heterocycles. The highest BCUT2D eigenvalue weighted by atomic mass is 16.5. The molecule has 0 atom stereocenters. The van der Waals surface area contributed by atoms with E-state index in [1.165, 1.54) is 5.69 Å². The summed E-state index contributed by atoms with van der Waals surface area (Å²) in [5.74, 6) is 2.23. The predicted octanol–water partition coefficient (Wildman–Crippen LogP) is 2.77. The summed E-state index contributed by atoms with van der Waals surface area (Å²) in [6.07, 6.45) is 5.63. The lowest BCUT2D eigenvalue weighted by Gasteiger charge is -2.28. The normalized spacial score (nSPS) is 14.2. The highest BCUT2D eigenvalue weighted by molar-refractivity contribution is 5.84. The Bertz CT molecular complexity index is 1470. The van der Waals surface area contributed by atoms with Crippen molar-refractivity contribution in [1.29, 1.82) is 0 Å². The van der Waals surface area contributed by atoms with Gasteiger partial charge in [0.15, 0.2) is 11.6 Å². The number of hydrogen-bond acceptors (Lipinski definition) is 8. The smallest absolute Gasteiger partial charge is 0.203 e. The van der Waals surface area contributed by atoms with Crippen molar-refractivity contribution in [3.63, 3.8) is 0 Å². The van der Waals surface area contributed by atoms with Crippen LogP contribution in [0.3, 0.4) is 0 Å². The molecular formula is C24H25N9O. The van der Waals surface area contributed by atoms with Crippen molar-refractivity contribution in [2.75, 3.05) is 43.6 Å². The molecule has 0 amide bonds. The van der Waals surface area contributed by atoms with Crippen molar-refractivity contribution in [3.8, 4) is 11.5 Å². The molecule has 6 rings (SSSR count). The summed E-state index contributed by atoms with van der Waals surface area (Å²) in [6, 6.07) is 10.5. The lowest BCUT2D eigenvalue weighted by Crippen LogP contribution is -2.36. The number of rotatable bonds is 5. The number of anilines is 2. The van der Waals surface area contributed by atoms with Crippen LogP contribution in [0.1, 0.15) is 11.4 Å². The molecule has 172 valence electrons. The van der Waals surface area contributed by atoms with Gasteiger partial charge in [0.1, 0.15) is 11.5 Å². The maximum atomic E-state index is 5.54. The third kappa shape index (κ3) is 3.52. The van der Waals surface area contributed by atoms with Crippen LogP contribution in [0.4, 0.5) is 11.5 Å². The summed E-state index contributed by atoms with van der Waals surface area (Å²) < 4.78 is 9.70. The van der Waals surface area contributed by atoms with E-state index >= 15 is 0 Å². The Morgan fingerprint density at radius 1 is 1.09 bits per heavy atom. The van der Waals surface area contributed by atoms with Crippen LogP contribution >= 0.6 is 0 Å². The summed E-state index contributed by atoms with van der Waals surface area (Å²) in [5, 5.41) is 11.6. The molecule has 10 nitrogen and oxygen atoms in total. The molecule has 1 fully saturated rings. The Labute approximate surface area is 196 Å². The number of aromatic nitrogens is 7. The van der Waals surface area contributed by atoms with Crippen LogP contribution in [-0.2, 0) is 11.3 Å². The van der Waals surface area contributed by atoms with Crippen molar-refractivity contribution >= 4 is 28.2 Å². The predicted molar refractivity (Wildman–Crippen MR) is 130 cm³/mol. The van der Waals surface area contributed by atoms with Gasteiger partial charge in [-0.1, -0.05) is 6.07 Å². The van der Waals surface area contributed by atoms with Gasteiger partial charge in [-0.05, 0) is 36.8 Å². The minimum Gasteiger partial charge on any atom is -0.378 e. The van der Waals surface area contributed by atoms with Gasteiger partial charge in [0.05, 0.1) is 30.8 Å². The van der Waals surface area contributed by atoms with Crippen molar-refractivity contribution in [2.45, 2.75) is 13.5 Å². The number of benzene rings is 1. The Hall–Kier alpha value is -4.05. The lowest BCUT2D eigenvalue weighted by molar-refractivity contribution is 0.122. The van der Waals surface area contributed by atoms with E-state index in [4.69, 9.17) is 14.7 Å². The third-order valence-corrected chi connectivity index (χ3v) is 6.20. The second kappa shape index (κ2) is 8.38. The van der Waals surface area contributed by atoms with Gasteiger partial charge in [-0.25, -0.2) is 9.97 Å². The molecule has 4 aromatic heterocycles. The largest absolute Gasteiger partial charge is 0.378 e. The number of morpholine rings is 1. The summed E-state index contributed by atoms with van der Waals surface area (Å²) in [4.78, 5) is 16.5. The van der Waals surface area contributed by atoms with Crippen LogP contribution < -0.4 is 10.2 Å². The van der Waals surface area contributed by atoms with E-state index in [9.17, 15) is 0 Å². The number of nitrogens with one attached hydrogen (secondary N) is 1. The summed E-state index contributed by atoms with van der Waals surface area (Å²) in [6.45, 7) is 5.80. The topological polar surface area (TPSA) is 98.3 Å². The minimum absolute atomic E-state index is 0.627. The van der Waals surface area contributed by atoms with E-state index in [-0.39, 0.29) is 0 Å². The molecule has 1 saturated heterocycles. The fraction of sp³-hybridized carbons (Fsp3) is 0.292. The zero-order valence-electron chi connectivity index (χ0n) is 19.1. The molecule has 0 saturated carbocycles. The molecule has 1 aliphatic rings. The molecule has 34 heavy (non-hydrogen) atoms. The number of nitrogens with zero attached hydrogens (tertiary/aromatic N) is 8. The zero-order chi connectivity index (χ0) is 23.1. The first-order valence-electron chi connectivity index (χ1n) is 11.3. The minimum atomic E-state index is 0.627. The first-order chi connectivity index (χ1) is 16.7. The van der Waals surface area contributed by atoms with Gasteiger partial charge in [0.25, 0.3) is 0 Å². The fourth-order valence-corrected chi connectivity index (χ4v) is 4.44. The lowest BCUT2D eigenvalue weighted by atomic mass is 10.2. The first-order valence-corrected chi connectivity index (χ1v) is 11.3. The zero-order valence-corrected chi connectivity index (χ0v) is 19.1. The number of fused-ring (bicyclic) bond motifs is 2. The van der Waals surface area contributed by atoms with Gasteiger partial charge in [0.2, 0.25) is 5.65 Å². The van der Waals surface area contributed by atoms with Crippen LogP contribution in [-0.4, -0.2) is 67.5 Å². The maximum absolute atomic E-state index is 5.54. The van der Waals surface area contributed by atoms with Crippen LogP contribution in [0.5, 0.6) is 0 Å². The molecule has 1 N–H and O–H groups in total. The van der Waals surface area contributed by atoms with Crippen molar-refractivity contribution in [1.82, 2.24) is 34.1 Å². The fourth-order valence-electron chi connectivity index (χ4n) is 4.44. The molecule has 1 aromatic carbocycles. The SMILES string of the molecule is CNc1nc(-c2nc3ccc(N4CCOCC4)cc3n2Cc2cccnc2)cn2c(C)nnc12. The number of hydrogen-bond donors (Lipinski definition) is 1. The van der Waals surface area contributed by atoms with E-state index in [0.717, 1.165) is 60.2 Å². The van der Waals surface area contributed by atoms with Crippen molar-refractivity contribution in [2.24, 2.45) is 0 Å². The highest BCUT2D eigenvalue weighted by Gasteiger charge is 2.20. The molecule has 0 spiro atoms. The number of ether oxygens (including phenoxy) is 1. The van der Waals surface area contributed by atoms with Crippen molar-refractivity contribution in [3.05, 3.63) is 60.3 Å². The summed E-state index contributed by atoms with van der Waals surface area (Å²) >= 11 is 0. The number of imidazole rings is 1. The molecule has 1 aliphatic heterocycles. The Kier molecular flexibility index (Phi) is 5.06. The van der Waals surface area contributed by atoms with Crippen LogP contribution in [0.25, 0.3) is 28.2 Å². The standard InChI is InChI=1S/C24H25N9O/c1-16-29-30-24-22(25-2)27-20(15-32(16)24)23-28-19-6-5-18(31-8-10-34-11-9-31)12-21(19)33(23)14-17-4-3-7-26-13-17/h3-7,12-13,15H,8-11,14H2,1-2H3,(H,25,27). The first kappa shape index (κ1) is 20.5. The average Bonchev–Trinajstić information content (AvgIpc) is 3.44. The van der Waals surface area contributed by atoms with E-state index in [1.807, 2.05) is 36.8 Å². The summed E-state index contributed by atoms with van der Waals surface area (Å²) in [7, 11) is 1.84. The quantitative estimate of drug-likeness (QED) is 0.432.